The molecule has 0 fully saturated rings. The van der Waals surface area contributed by atoms with E-state index in [2.05, 4.69) is 37.3 Å². The molecule has 1 rings (SSSR count). The highest BCUT2D eigenvalue weighted by Gasteiger charge is 1.94. The van der Waals surface area contributed by atoms with E-state index in [9.17, 15) is 0 Å². The van der Waals surface area contributed by atoms with Gasteiger partial charge in [0.15, 0.2) is 0 Å². The number of rotatable bonds is 2. The van der Waals surface area contributed by atoms with Crippen molar-refractivity contribution >= 4 is 35.1 Å². The third kappa shape index (κ3) is 5.64. The maximum Gasteiger partial charge on any atom is 0.00680 e. The lowest BCUT2D eigenvalue weighted by Gasteiger charge is -2.02. The molecule has 0 bridgehead atoms. The number of hydrogen-bond donors (Lipinski definition) is 0. The third-order valence-corrected chi connectivity index (χ3v) is 1.90. The van der Waals surface area contributed by atoms with Gasteiger partial charge < -0.3 is 0 Å². The first-order chi connectivity index (χ1) is 4.79. The average molecular weight is 223 g/mol. The molecule has 1 aromatic carbocycles. The van der Waals surface area contributed by atoms with E-state index in [0.717, 1.165) is 5.54 Å². The Labute approximate surface area is 90.0 Å². The number of halogens is 2. The van der Waals surface area contributed by atoms with Crippen molar-refractivity contribution in [3.63, 3.8) is 0 Å². The largest absolute Gasteiger partial charge is 0.147 e. The monoisotopic (exact) mass is 222 g/mol. The summed E-state index contributed by atoms with van der Waals surface area (Å²) < 4.78 is 0. The van der Waals surface area contributed by atoms with Crippen molar-refractivity contribution in [2.75, 3.05) is 0 Å². The molecule has 0 saturated carbocycles. The zero-order chi connectivity index (χ0) is 7.40. The summed E-state index contributed by atoms with van der Waals surface area (Å²) in [5.41, 5.74) is 2.38. The first-order valence-electron chi connectivity index (χ1n) is 3.83. The van der Waals surface area contributed by atoms with Crippen molar-refractivity contribution in [1.29, 1.82) is 0 Å². The van der Waals surface area contributed by atoms with E-state index in [-0.39, 0.29) is 24.8 Å². The summed E-state index contributed by atoms with van der Waals surface area (Å²) in [7, 11) is 1.30. The Morgan fingerprint density at radius 3 is 2.08 bits per heavy atom. The SMILES string of the molecule is CC([SiH3])Cc1ccccc1.Cl.Cl. The summed E-state index contributed by atoms with van der Waals surface area (Å²) in [5.74, 6) is 0. The molecule has 0 N–H and O–H groups in total. The lowest BCUT2D eigenvalue weighted by atomic mass is 10.1. The quantitative estimate of drug-likeness (QED) is 0.674. The maximum atomic E-state index is 2.30. The summed E-state index contributed by atoms with van der Waals surface area (Å²) >= 11 is 0. The van der Waals surface area contributed by atoms with Gasteiger partial charge in [0.05, 0.1) is 0 Å². The average Bonchev–Trinajstić information content (AvgIpc) is 1.88. The Kier molecular flexibility index (Phi) is 9.27. The highest BCUT2D eigenvalue weighted by Crippen LogP contribution is 2.08. The Morgan fingerprint density at radius 2 is 1.67 bits per heavy atom. The topological polar surface area (TPSA) is 0 Å². The second-order valence-corrected chi connectivity index (χ2v) is 5.05. The highest BCUT2D eigenvalue weighted by molar-refractivity contribution is 6.11. The molecule has 0 amide bonds. The van der Waals surface area contributed by atoms with Crippen molar-refractivity contribution in [3.05, 3.63) is 35.9 Å². The van der Waals surface area contributed by atoms with Crippen LogP contribution in [0.15, 0.2) is 30.3 Å². The van der Waals surface area contributed by atoms with Crippen molar-refractivity contribution in [2.24, 2.45) is 0 Å². The van der Waals surface area contributed by atoms with Crippen LogP contribution in [0.2, 0.25) is 5.54 Å². The minimum absolute atomic E-state index is 0. The Balaban J connectivity index is 0. The minimum Gasteiger partial charge on any atom is -0.147 e. The minimum atomic E-state index is 0. The first kappa shape index (κ1) is 14.5. The van der Waals surface area contributed by atoms with Crippen LogP contribution >= 0.6 is 24.8 Å². The van der Waals surface area contributed by atoms with Crippen LogP contribution in [0.3, 0.4) is 0 Å². The van der Waals surface area contributed by atoms with Crippen LogP contribution in [0.4, 0.5) is 0 Å². The van der Waals surface area contributed by atoms with Crippen LogP contribution in [0.5, 0.6) is 0 Å². The van der Waals surface area contributed by atoms with Gasteiger partial charge >= 0.3 is 0 Å². The number of benzene rings is 1. The van der Waals surface area contributed by atoms with Gasteiger partial charge in [-0.1, -0.05) is 42.8 Å². The summed E-state index contributed by atoms with van der Waals surface area (Å²) in [6.45, 7) is 2.30. The normalized spacial score (nSPS) is 11.1. The van der Waals surface area contributed by atoms with Gasteiger partial charge in [-0.15, -0.1) is 24.8 Å². The Hall–Kier alpha value is 0.0169. The highest BCUT2D eigenvalue weighted by atomic mass is 35.5. The van der Waals surface area contributed by atoms with Crippen molar-refractivity contribution in [3.8, 4) is 0 Å². The van der Waals surface area contributed by atoms with Crippen LogP contribution in [0.25, 0.3) is 0 Å². The fraction of sp³-hybridized carbons (Fsp3) is 0.333. The van der Waals surface area contributed by atoms with Gasteiger partial charge in [0.1, 0.15) is 0 Å². The summed E-state index contributed by atoms with van der Waals surface area (Å²) in [5, 5.41) is 0. The molecule has 0 radical (unpaired) electrons. The fourth-order valence-corrected chi connectivity index (χ4v) is 1.56. The Morgan fingerprint density at radius 1 is 1.17 bits per heavy atom. The molecule has 0 spiro atoms. The smallest absolute Gasteiger partial charge is 0.00680 e. The molecule has 70 valence electrons. The van der Waals surface area contributed by atoms with Crippen LogP contribution in [0, 0.1) is 0 Å². The van der Waals surface area contributed by atoms with Crippen molar-refractivity contribution < 1.29 is 0 Å². The third-order valence-electron chi connectivity index (χ3n) is 1.49. The zero-order valence-electron chi connectivity index (χ0n) is 7.49. The standard InChI is InChI=1S/C9H14Si.2ClH/c1-8(10)7-9-5-3-2-4-6-9;;/h2-6,8H,7H2,1,10H3;2*1H. The van der Waals surface area contributed by atoms with Crippen molar-refractivity contribution in [1.82, 2.24) is 0 Å². The summed E-state index contributed by atoms with van der Waals surface area (Å²) in [6.07, 6.45) is 1.26. The van der Waals surface area contributed by atoms with Crippen LogP contribution in [0.1, 0.15) is 12.5 Å². The zero-order valence-corrected chi connectivity index (χ0v) is 11.1. The molecule has 12 heavy (non-hydrogen) atoms. The van der Waals surface area contributed by atoms with Gasteiger partial charge in [0.2, 0.25) is 0 Å². The van der Waals surface area contributed by atoms with Gasteiger partial charge in [-0.05, 0) is 12.0 Å². The van der Waals surface area contributed by atoms with Crippen LogP contribution in [-0.2, 0) is 6.42 Å². The molecule has 0 aromatic heterocycles. The van der Waals surface area contributed by atoms with Gasteiger partial charge in [0.25, 0.3) is 0 Å². The molecule has 1 unspecified atom stereocenters. The number of hydrogen-bond acceptors (Lipinski definition) is 0. The molecular formula is C9H16Cl2Si. The molecular weight excluding hydrogens is 207 g/mol. The van der Waals surface area contributed by atoms with E-state index in [1.54, 1.807) is 0 Å². The molecule has 0 aliphatic carbocycles. The summed E-state index contributed by atoms with van der Waals surface area (Å²) in [6, 6.07) is 10.7. The van der Waals surface area contributed by atoms with E-state index >= 15 is 0 Å². The van der Waals surface area contributed by atoms with Gasteiger partial charge in [-0.3, -0.25) is 0 Å². The molecule has 3 heteroatoms. The van der Waals surface area contributed by atoms with E-state index < -0.39 is 0 Å². The maximum absolute atomic E-state index is 2.30. The van der Waals surface area contributed by atoms with E-state index in [4.69, 9.17) is 0 Å². The van der Waals surface area contributed by atoms with Gasteiger partial charge in [-0.2, -0.15) is 0 Å². The lowest BCUT2D eigenvalue weighted by molar-refractivity contribution is 0.916. The van der Waals surface area contributed by atoms with Crippen LogP contribution in [-0.4, -0.2) is 10.2 Å². The molecule has 1 aromatic rings. The van der Waals surface area contributed by atoms with E-state index in [1.165, 1.54) is 22.2 Å². The Bertz CT molecular complexity index is 187. The second-order valence-electron chi connectivity index (χ2n) is 3.08. The molecule has 0 nitrogen and oxygen atoms in total. The van der Waals surface area contributed by atoms with Crippen molar-refractivity contribution in [2.45, 2.75) is 18.9 Å². The fourth-order valence-electron chi connectivity index (χ4n) is 1.09. The predicted octanol–water partition coefficient (Wildman–Crippen LogP) is 2.25. The molecule has 0 saturated heterocycles. The molecule has 0 aliphatic heterocycles. The molecule has 0 aliphatic rings. The van der Waals surface area contributed by atoms with E-state index in [0.29, 0.717) is 0 Å². The summed E-state index contributed by atoms with van der Waals surface area (Å²) in [4.78, 5) is 0. The molecule has 0 heterocycles. The first-order valence-corrected chi connectivity index (χ1v) is 4.98. The van der Waals surface area contributed by atoms with Crippen LogP contribution < -0.4 is 0 Å². The van der Waals surface area contributed by atoms with Gasteiger partial charge in [0, 0.05) is 10.2 Å². The second kappa shape index (κ2) is 7.65. The lowest BCUT2D eigenvalue weighted by Crippen LogP contribution is -1.90. The molecule has 1 atom stereocenters. The van der Waals surface area contributed by atoms with Gasteiger partial charge in [-0.25, -0.2) is 0 Å². The van der Waals surface area contributed by atoms with E-state index in [1.807, 2.05) is 0 Å². The predicted molar refractivity (Wildman–Crippen MR) is 64.0 cm³/mol.